The van der Waals surface area contributed by atoms with Crippen molar-refractivity contribution in [1.29, 1.82) is 0 Å². The predicted molar refractivity (Wildman–Crippen MR) is 154 cm³/mol. The number of aliphatic hydroxyl groups excluding tert-OH is 1. The summed E-state index contributed by atoms with van der Waals surface area (Å²) in [5.74, 6) is -0.652. The minimum absolute atomic E-state index is 0.0197. The molecule has 0 aromatic heterocycles. The van der Waals surface area contributed by atoms with Crippen LogP contribution in [0.1, 0.15) is 90.7 Å². The largest absolute Gasteiger partial charge is 0.511 e. The van der Waals surface area contributed by atoms with E-state index in [-0.39, 0.29) is 34.5 Å². The number of ether oxygens (including phenoxy) is 3. The average Bonchev–Trinajstić information content (AvgIpc) is 2.83. The molecule has 2 aliphatic heterocycles. The lowest BCUT2D eigenvalue weighted by atomic mass is 9.89. The fourth-order valence-electron chi connectivity index (χ4n) is 5.24. The van der Waals surface area contributed by atoms with E-state index >= 15 is 0 Å². The van der Waals surface area contributed by atoms with Crippen molar-refractivity contribution in [3.8, 4) is 5.75 Å². The third kappa shape index (κ3) is 7.49. The van der Waals surface area contributed by atoms with Crippen LogP contribution in [0.5, 0.6) is 5.75 Å². The second-order valence-electron chi connectivity index (χ2n) is 13.0. The summed E-state index contributed by atoms with van der Waals surface area (Å²) in [5, 5.41) is 11.1. The molecular formula is C31H50O6Si. The maximum Gasteiger partial charge on any atom is 0.342 e. The Morgan fingerprint density at radius 1 is 1.21 bits per heavy atom. The quantitative estimate of drug-likeness (QED) is 0.117. The normalized spacial score (nSPS) is 26.1. The molecule has 0 saturated carbocycles. The second kappa shape index (κ2) is 12.2. The number of hydrogen-bond donors (Lipinski definition) is 1. The van der Waals surface area contributed by atoms with Gasteiger partial charge in [0.1, 0.15) is 11.5 Å². The zero-order chi connectivity index (χ0) is 28.3. The molecule has 1 aromatic rings. The van der Waals surface area contributed by atoms with E-state index in [0.29, 0.717) is 12.2 Å². The second-order valence-corrected chi connectivity index (χ2v) is 17.8. The van der Waals surface area contributed by atoms with E-state index in [0.717, 1.165) is 56.3 Å². The van der Waals surface area contributed by atoms with Crippen molar-refractivity contribution in [1.82, 2.24) is 0 Å². The molecule has 2 fully saturated rings. The van der Waals surface area contributed by atoms with Crippen LogP contribution in [0, 0.1) is 19.8 Å². The van der Waals surface area contributed by atoms with Crippen LogP contribution in [0.4, 0.5) is 0 Å². The number of rotatable bonds is 8. The summed E-state index contributed by atoms with van der Waals surface area (Å²) in [6.07, 6.45) is 6.18. The van der Waals surface area contributed by atoms with Gasteiger partial charge in [0.05, 0.1) is 24.4 Å². The molecule has 4 atom stereocenters. The first-order valence-electron chi connectivity index (χ1n) is 14.3. The smallest absolute Gasteiger partial charge is 0.342 e. The van der Waals surface area contributed by atoms with Gasteiger partial charge in [-0.2, -0.15) is 0 Å². The Hall–Kier alpha value is -1.67. The topological polar surface area (TPSA) is 74.2 Å². The number of hydrogen-bond acceptors (Lipinski definition) is 6. The molecule has 0 bridgehead atoms. The summed E-state index contributed by atoms with van der Waals surface area (Å²) >= 11 is 0. The highest BCUT2D eigenvalue weighted by atomic mass is 28.4. The van der Waals surface area contributed by atoms with Crippen LogP contribution in [0.25, 0.3) is 0 Å². The van der Waals surface area contributed by atoms with E-state index in [1.165, 1.54) is 0 Å². The maximum atomic E-state index is 12.8. The Kier molecular flexibility index (Phi) is 9.94. The van der Waals surface area contributed by atoms with Crippen LogP contribution in [-0.4, -0.2) is 44.0 Å². The lowest BCUT2D eigenvalue weighted by molar-refractivity contribution is -0.308. The summed E-state index contributed by atoms with van der Waals surface area (Å²) in [5.41, 5.74) is 2.03. The molecule has 214 valence electrons. The summed E-state index contributed by atoms with van der Waals surface area (Å²) in [4.78, 5) is 12.8. The van der Waals surface area contributed by atoms with Crippen LogP contribution >= 0.6 is 0 Å². The molecule has 2 heterocycles. The van der Waals surface area contributed by atoms with Crippen molar-refractivity contribution < 1.29 is 28.5 Å². The number of allylic oxidation sites excluding steroid dienone is 1. The molecule has 6 nitrogen and oxygen atoms in total. The van der Waals surface area contributed by atoms with Gasteiger partial charge < -0.3 is 23.7 Å². The number of benzene rings is 1. The number of para-hydroxylation sites is 1. The summed E-state index contributed by atoms with van der Waals surface area (Å²) in [7, 11) is -1.94. The van der Waals surface area contributed by atoms with Crippen LogP contribution < -0.4 is 4.74 Å². The average molecular weight is 547 g/mol. The molecule has 3 rings (SSSR count). The molecule has 0 amide bonds. The van der Waals surface area contributed by atoms with Gasteiger partial charge in [-0.15, -0.1) is 0 Å². The number of esters is 1. The fraction of sp³-hybridized carbons (Fsp3) is 0.710. The van der Waals surface area contributed by atoms with Crippen LogP contribution in [0.3, 0.4) is 0 Å². The summed E-state index contributed by atoms with van der Waals surface area (Å²) in [6.45, 7) is 19.5. The molecule has 0 aliphatic carbocycles. The van der Waals surface area contributed by atoms with Gasteiger partial charge in [-0.3, -0.25) is 0 Å². The first kappa shape index (κ1) is 30.9. The number of carbonyl (C=O) groups is 1. The van der Waals surface area contributed by atoms with Crippen molar-refractivity contribution in [2.24, 2.45) is 5.92 Å². The highest BCUT2D eigenvalue weighted by Gasteiger charge is 2.47. The SMILES string of the molecule is CC(C(=O)Oc1c(C)cccc1C)=C(O)C(C)CCC1CC(O[Si](C)(C)C(C)(C)C)CC2(CCCCO2)O1. The van der Waals surface area contributed by atoms with E-state index in [9.17, 15) is 9.90 Å². The number of aliphatic hydroxyl groups is 1. The van der Waals surface area contributed by atoms with Gasteiger partial charge in [0.15, 0.2) is 14.1 Å². The molecule has 38 heavy (non-hydrogen) atoms. The predicted octanol–water partition coefficient (Wildman–Crippen LogP) is 7.92. The van der Waals surface area contributed by atoms with Gasteiger partial charge in [0, 0.05) is 18.8 Å². The van der Waals surface area contributed by atoms with Crippen LogP contribution in [0.15, 0.2) is 29.5 Å². The Morgan fingerprint density at radius 3 is 2.45 bits per heavy atom. The van der Waals surface area contributed by atoms with E-state index < -0.39 is 20.1 Å². The van der Waals surface area contributed by atoms with E-state index in [2.05, 4.69) is 33.9 Å². The van der Waals surface area contributed by atoms with E-state index in [1.54, 1.807) is 6.92 Å². The van der Waals surface area contributed by atoms with Gasteiger partial charge in [-0.05, 0) is 82.1 Å². The first-order valence-corrected chi connectivity index (χ1v) is 17.2. The monoisotopic (exact) mass is 546 g/mol. The highest BCUT2D eigenvalue weighted by molar-refractivity contribution is 6.74. The fourth-order valence-corrected chi connectivity index (χ4v) is 6.61. The summed E-state index contributed by atoms with van der Waals surface area (Å²) < 4.78 is 25.4. The lowest BCUT2D eigenvalue weighted by Gasteiger charge is -2.49. The molecular weight excluding hydrogens is 496 g/mol. The van der Waals surface area contributed by atoms with Crippen molar-refractivity contribution in [3.05, 3.63) is 40.7 Å². The minimum atomic E-state index is -1.94. The standard InChI is InChI=1S/C31H50O6Si/c1-21(27(32)24(4)29(33)35-28-22(2)13-12-14-23(28)3)15-16-25-19-26(37-38(8,9)30(5,6)7)20-31(36-25)17-10-11-18-34-31/h12-14,21,25-26,32H,10-11,15-20H2,1-9H3. The number of aryl methyl sites for hydroxylation is 2. The molecule has 1 N–H and O–H groups in total. The third-order valence-corrected chi connectivity index (χ3v) is 13.2. The lowest BCUT2D eigenvalue weighted by Crippen LogP contribution is -2.53. The van der Waals surface area contributed by atoms with Gasteiger partial charge in [-0.1, -0.05) is 45.9 Å². The van der Waals surface area contributed by atoms with Gasteiger partial charge >= 0.3 is 5.97 Å². The Balaban J connectivity index is 1.67. The Labute approximate surface area is 231 Å². The zero-order valence-electron chi connectivity index (χ0n) is 25.1. The van der Waals surface area contributed by atoms with Crippen LogP contribution in [-0.2, 0) is 18.7 Å². The third-order valence-electron chi connectivity index (χ3n) is 8.71. The maximum absolute atomic E-state index is 12.8. The molecule has 7 heteroatoms. The molecule has 2 saturated heterocycles. The Bertz CT molecular complexity index is 982. The van der Waals surface area contributed by atoms with E-state index in [1.807, 2.05) is 39.0 Å². The van der Waals surface area contributed by atoms with Crippen molar-refractivity contribution in [3.63, 3.8) is 0 Å². The molecule has 1 aromatic carbocycles. The van der Waals surface area contributed by atoms with Crippen molar-refractivity contribution in [2.45, 2.75) is 130 Å². The molecule has 4 unspecified atom stereocenters. The molecule has 1 spiro atoms. The van der Waals surface area contributed by atoms with Gasteiger partial charge in [0.2, 0.25) is 0 Å². The van der Waals surface area contributed by atoms with Crippen LogP contribution in [0.2, 0.25) is 18.1 Å². The van der Waals surface area contributed by atoms with Gasteiger partial charge in [-0.25, -0.2) is 4.79 Å². The molecule has 0 radical (unpaired) electrons. The van der Waals surface area contributed by atoms with Crippen molar-refractivity contribution in [2.75, 3.05) is 6.61 Å². The zero-order valence-corrected chi connectivity index (χ0v) is 26.1. The summed E-state index contributed by atoms with van der Waals surface area (Å²) in [6, 6.07) is 5.75. The number of carbonyl (C=O) groups excluding carboxylic acids is 1. The van der Waals surface area contributed by atoms with Crippen molar-refractivity contribution >= 4 is 14.3 Å². The Morgan fingerprint density at radius 2 is 1.87 bits per heavy atom. The highest BCUT2D eigenvalue weighted by Crippen LogP contribution is 2.44. The van der Waals surface area contributed by atoms with Gasteiger partial charge in [0.25, 0.3) is 0 Å². The minimum Gasteiger partial charge on any atom is -0.511 e. The van der Waals surface area contributed by atoms with E-state index in [4.69, 9.17) is 18.6 Å². The molecule has 2 aliphatic rings. The first-order chi connectivity index (χ1) is 17.6.